The van der Waals surface area contributed by atoms with Gasteiger partial charge in [0, 0.05) is 0 Å². The van der Waals surface area contributed by atoms with Crippen molar-refractivity contribution in [2.45, 2.75) is 49.6 Å². The Morgan fingerprint density at radius 1 is 0.556 bits per heavy atom. The molecule has 2 unspecified atom stereocenters. The van der Waals surface area contributed by atoms with E-state index in [4.69, 9.17) is 0 Å². The number of rotatable bonds is 7. The molecule has 5 aromatic carbocycles. The molecule has 0 amide bonds. The summed E-state index contributed by atoms with van der Waals surface area (Å²) in [4.78, 5) is 0. The van der Waals surface area contributed by atoms with Crippen LogP contribution in [0.3, 0.4) is 0 Å². The van der Waals surface area contributed by atoms with Crippen LogP contribution in [-0.4, -0.2) is 5.49 Å². The molecule has 0 aliphatic heterocycles. The Morgan fingerprint density at radius 2 is 1.02 bits per heavy atom. The quantitative estimate of drug-likeness (QED) is 0.145. The molecule has 0 N–H and O–H groups in total. The van der Waals surface area contributed by atoms with Crippen LogP contribution in [0.2, 0.25) is 22.0 Å². The Bertz CT molecular complexity index is 1900. The molecule has 224 valence electrons. The third-order valence-electron chi connectivity index (χ3n) is 11.5. The van der Waals surface area contributed by atoms with Gasteiger partial charge >= 0.3 is 273 Å². The molecule has 0 spiro atoms. The Hall–Kier alpha value is -3.33. The van der Waals surface area contributed by atoms with Gasteiger partial charge in [0.05, 0.1) is 0 Å². The van der Waals surface area contributed by atoms with Gasteiger partial charge in [-0.3, -0.25) is 0 Å². The van der Waals surface area contributed by atoms with Crippen molar-refractivity contribution in [3.8, 4) is 22.3 Å². The van der Waals surface area contributed by atoms with Gasteiger partial charge in [-0.05, 0) is 0 Å². The van der Waals surface area contributed by atoms with Crippen LogP contribution < -0.4 is 0 Å². The molecule has 2 atom stereocenters. The summed E-state index contributed by atoms with van der Waals surface area (Å²) in [6, 6.07) is 45.0. The zero-order chi connectivity index (χ0) is 31.2. The van der Waals surface area contributed by atoms with E-state index < -0.39 is 22.6 Å². The van der Waals surface area contributed by atoms with Gasteiger partial charge in [0.1, 0.15) is 0 Å². The van der Waals surface area contributed by atoms with Gasteiger partial charge in [0.25, 0.3) is 0 Å². The molecule has 5 aromatic rings. The molecule has 2 aliphatic rings. The minimum absolute atomic E-state index is 0.528. The van der Waals surface area contributed by atoms with E-state index in [2.05, 4.69) is 169 Å². The number of allylic oxidation sites excluding steroid dienone is 2. The van der Waals surface area contributed by atoms with Crippen LogP contribution in [0.4, 0.5) is 0 Å². The third kappa shape index (κ3) is 5.25. The summed E-state index contributed by atoms with van der Waals surface area (Å²) in [5.74, 6) is 0. The molecule has 0 nitrogen and oxygen atoms in total. The normalized spacial score (nSPS) is 16.9. The van der Waals surface area contributed by atoms with Crippen molar-refractivity contribution in [1.82, 2.24) is 0 Å². The van der Waals surface area contributed by atoms with E-state index in [1.54, 1.807) is 11.1 Å². The molecular weight excluding hydrogens is 723 g/mol. The van der Waals surface area contributed by atoms with Gasteiger partial charge in [0.15, 0.2) is 0 Å². The molecule has 0 aromatic heterocycles. The number of fused-ring (bicyclic) bond motifs is 2. The molecule has 0 fully saturated rings. The molecule has 0 bridgehead atoms. The van der Waals surface area contributed by atoms with E-state index >= 15 is 0 Å². The first-order chi connectivity index (χ1) is 21.7. The number of benzene rings is 5. The molecule has 2 aliphatic carbocycles. The molecule has 0 saturated heterocycles. The first-order valence-corrected chi connectivity index (χ1v) is 35.5. The van der Waals surface area contributed by atoms with Crippen molar-refractivity contribution in [3.63, 3.8) is 0 Å². The van der Waals surface area contributed by atoms with E-state index in [0.29, 0.717) is 7.35 Å². The maximum absolute atomic E-state index is 3.92. The molecule has 45 heavy (non-hydrogen) atoms. The standard InChI is InChI=1S/2C16H13.C9H12Si.2CH3.Hf/c2*1-12-8-10-14(11-9-12)16-7-3-5-13-4-2-6-15(13)16;1-10-8-7-9-5-3-2-4-6-9;;;/h2*2-11H,1H3;2-6H,7-8H2,1H3;2*1H3;. The zero-order valence-electron chi connectivity index (χ0n) is 27.3. The SMILES string of the molecule is Cc1ccc(-c2cccc3c2C=C[CH]3[Hf]([CH3])([CH3])([CH]2C=Cc3c(-c4ccc(C)cc4)cccc32)=[Si](C)CCc2ccccc2)cc1. The Kier molecular flexibility index (Phi) is 7.95. The molecule has 0 saturated carbocycles. The summed E-state index contributed by atoms with van der Waals surface area (Å²) in [5.41, 5.74) is 14.8. The fraction of sp³-hybridized carbons (Fsp3) is 0.209. The summed E-state index contributed by atoms with van der Waals surface area (Å²) in [6.07, 6.45) is 11.5. The first-order valence-electron chi connectivity index (χ1n) is 16.6. The minimum atomic E-state index is -3.92. The average Bonchev–Trinajstić information content (AvgIpc) is 3.71. The van der Waals surface area contributed by atoms with Crippen LogP contribution in [0.1, 0.15) is 46.3 Å². The zero-order valence-corrected chi connectivity index (χ0v) is 31.9. The molecule has 7 rings (SSSR count). The predicted octanol–water partition coefficient (Wildman–Crippen LogP) is 12.1. The molecular formula is C43H44HfSi. The van der Waals surface area contributed by atoms with Crippen LogP contribution in [0.5, 0.6) is 0 Å². The first kappa shape index (κ1) is 30.3. The fourth-order valence-corrected chi connectivity index (χ4v) is 51.2. The molecule has 0 radical (unpaired) electrons. The van der Waals surface area contributed by atoms with Crippen molar-refractivity contribution in [2.75, 3.05) is 0 Å². The van der Waals surface area contributed by atoms with E-state index in [-0.39, 0.29) is 0 Å². The van der Waals surface area contributed by atoms with Gasteiger partial charge < -0.3 is 0 Å². The van der Waals surface area contributed by atoms with Crippen LogP contribution >= 0.6 is 0 Å². The Balaban J connectivity index is 1.40. The predicted molar refractivity (Wildman–Crippen MR) is 195 cm³/mol. The molecule has 0 heterocycles. The van der Waals surface area contributed by atoms with Crippen molar-refractivity contribution in [1.29, 1.82) is 0 Å². The van der Waals surface area contributed by atoms with Gasteiger partial charge in [-0.2, -0.15) is 0 Å². The summed E-state index contributed by atoms with van der Waals surface area (Å²) < 4.78 is 6.78. The van der Waals surface area contributed by atoms with E-state index in [1.165, 1.54) is 62.5 Å². The van der Waals surface area contributed by atoms with Crippen LogP contribution in [0, 0.1) is 13.8 Å². The van der Waals surface area contributed by atoms with Crippen molar-refractivity contribution in [3.05, 3.63) is 166 Å². The van der Waals surface area contributed by atoms with Gasteiger partial charge in [-0.25, -0.2) is 0 Å². The topological polar surface area (TPSA) is 0 Å². The second-order valence-electron chi connectivity index (χ2n) is 14.4. The number of aryl methyl sites for hydroxylation is 3. The fourth-order valence-electron chi connectivity index (χ4n) is 8.29. The monoisotopic (exact) mass is 768 g/mol. The van der Waals surface area contributed by atoms with Crippen molar-refractivity contribution >= 4 is 17.6 Å². The summed E-state index contributed by atoms with van der Waals surface area (Å²) in [7, 11) is 0. The van der Waals surface area contributed by atoms with Gasteiger partial charge in [0.2, 0.25) is 0 Å². The van der Waals surface area contributed by atoms with Crippen LogP contribution in [0.15, 0.2) is 127 Å². The summed E-state index contributed by atoms with van der Waals surface area (Å²) >= 11 is -3.92. The number of hydrogen-bond acceptors (Lipinski definition) is 0. The van der Waals surface area contributed by atoms with Gasteiger partial charge in [-0.15, -0.1) is 0 Å². The third-order valence-corrected chi connectivity index (χ3v) is 69.3. The molecule has 2 heteroatoms. The summed E-state index contributed by atoms with van der Waals surface area (Å²) in [5, 5.41) is 0. The van der Waals surface area contributed by atoms with Crippen LogP contribution in [0.25, 0.3) is 34.4 Å². The summed E-state index contributed by atoms with van der Waals surface area (Å²) in [6.45, 7) is 7.07. The average molecular weight is 767 g/mol. The van der Waals surface area contributed by atoms with Crippen molar-refractivity contribution in [2.24, 2.45) is 0 Å². The van der Waals surface area contributed by atoms with Gasteiger partial charge in [-0.1, -0.05) is 0 Å². The second-order valence-corrected chi connectivity index (χ2v) is 61.8. The maximum atomic E-state index is 2.86. The van der Waals surface area contributed by atoms with E-state index in [0.717, 1.165) is 0 Å². The van der Waals surface area contributed by atoms with E-state index in [1.807, 2.05) is 0 Å². The number of hydrogen-bond donors (Lipinski definition) is 0. The van der Waals surface area contributed by atoms with Crippen LogP contribution in [-0.2, 0) is 23.5 Å². The van der Waals surface area contributed by atoms with E-state index in [9.17, 15) is 0 Å². The Morgan fingerprint density at radius 3 is 1.49 bits per heavy atom. The van der Waals surface area contributed by atoms with Crippen molar-refractivity contribution < 1.29 is 17.1 Å². The second kappa shape index (κ2) is 11.8. The Labute approximate surface area is 271 Å².